The molecule has 0 aliphatic carbocycles. The van der Waals surface area contributed by atoms with E-state index in [-0.39, 0.29) is 30.3 Å². The van der Waals surface area contributed by atoms with E-state index in [1.807, 2.05) is 0 Å². The number of nitrogens with one attached hydrogen (secondary N) is 2. The Balaban J connectivity index is 1.55. The van der Waals surface area contributed by atoms with Gasteiger partial charge < -0.3 is 29.5 Å². The van der Waals surface area contributed by atoms with E-state index in [1.165, 1.54) is 18.2 Å². The maximum atomic E-state index is 12.9. The molecule has 2 aromatic rings. The summed E-state index contributed by atoms with van der Waals surface area (Å²) in [6, 6.07) is 12.5. The minimum Gasteiger partial charge on any atom is -0.326 e. The van der Waals surface area contributed by atoms with Crippen LogP contribution < -0.4 is 21.2 Å². The third kappa shape index (κ3) is 12.5. The highest BCUT2D eigenvalue weighted by atomic mass is 31.2. The van der Waals surface area contributed by atoms with Gasteiger partial charge in [0.05, 0.1) is 23.8 Å². The van der Waals surface area contributed by atoms with Crippen molar-refractivity contribution in [3.8, 4) is 0 Å². The van der Waals surface area contributed by atoms with E-state index >= 15 is 0 Å². The van der Waals surface area contributed by atoms with Crippen LogP contribution in [0.3, 0.4) is 0 Å². The van der Waals surface area contributed by atoms with Crippen LogP contribution in [0.1, 0.15) is 78.1 Å². The number of amides is 2. The molecule has 0 aromatic heterocycles. The van der Waals surface area contributed by atoms with Crippen molar-refractivity contribution in [2.45, 2.75) is 78.1 Å². The van der Waals surface area contributed by atoms with E-state index in [4.69, 9.17) is 9.05 Å². The van der Waals surface area contributed by atoms with Gasteiger partial charge in [-0.05, 0) is 63.1 Å². The fourth-order valence-electron chi connectivity index (χ4n) is 4.12. The van der Waals surface area contributed by atoms with Crippen molar-refractivity contribution in [3.05, 3.63) is 48.5 Å². The van der Waals surface area contributed by atoms with Crippen molar-refractivity contribution in [2.75, 3.05) is 23.8 Å². The van der Waals surface area contributed by atoms with Gasteiger partial charge in [0.25, 0.3) is 0 Å². The van der Waals surface area contributed by atoms with Crippen molar-refractivity contribution < 1.29 is 37.6 Å². The molecule has 0 aliphatic rings. The van der Waals surface area contributed by atoms with E-state index in [9.17, 15) is 28.5 Å². The molecule has 12 heteroatoms. The lowest BCUT2D eigenvalue weighted by Crippen LogP contribution is -2.15. The van der Waals surface area contributed by atoms with E-state index < -0.39 is 15.2 Å². The fourth-order valence-corrected chi connectivity index (χ4v) is 6.33. The van der Waals surface area contributed by atoms with Crippen LogP contribution in [0, 0.1) is 0 Å². The zero-order valence-corrected chi connectivity index (χ0v) is 25.1. The predicted octanol–water partition coefficient (Wildman–Crippen LogP) is 5.86. The summed E-state index contributed by atoms with van der Waals surface area (Å²) in [5.41, 5.74) is 0.937. The van der Waals surface area contributed by atoms with Crippen LogP contribution in [0.25, 0.3) is 0 Å². The summed E-state index contributed by atoms with van der Waals surface area (Å²) < 4.78 is 35.0. The molecular formula is C28H42N2O8P2. The number of carbonyl (C=O) groups excluding carboxylic acids is 2. The highest BCUT2D eigenvalue weighted by Gasteiger charge is 2.27. The molecule has 0 spiro atoms. The maximum Gasteiger partial charge on any atom is 0.361 e. The molecule has 0 atom stereocenters. The average Bonchev–Trinajstić information content (AvgIpc) is 2.90. The minimum absolute atomic E-state index is 0.0912. The molecule has 0 fully saturated rings. The molecule has 40 heavy (non-hydrogen) atoms. The Hall–Kier alpha value is -2.32. The third-order valence-electron chi connectivity index (χ3n) is 6.07. The minimum atomic E-state index is -4.35. The van der Waals surface area contributed by atoms with Gasteiger partial charge in [-0.2, -0.15) is 0 Å². The number of rotatable bonds is 19. The Morgan fingerprint density at radius 2 is 1.07 bits per heavy atom. The monoisotopic (exact) mass is 596 g/mol. The number of hydrogen-bond acceptors (Lipinski definition) is 6. The van der Waals surface area contributed by atoms with E-state index in [0.717, 1.165) is 51.4 Å². The normalized spacial score (nSPS) is 11.8. The van der Waals surface area contributed by atoms with Crippen LogP contribution in [-0.4, -0.2) is 34.8 Å². The van der Waals surface area contributed by atoms with Crippen LogP contribution >= 0.6 is 15.2 Å². The third-order valence-corrected chi connectivity index (χ3v) is 9.13. The van der Waals surface area contributed by atoms with E-state index in [2.05, 4.69) is 10.6 Å². The fraction of sp³-hybridized carbons (Fsp3) is 0.500. The molecule has 0 saturated heterocycles. The summed E-state index contributed by atoms with van der Waals surface area (Å²) >= 11 is 0. The van der Waals surface area contributed by atoms with Crippen molar-refractivity contribution in [1.82, 2.24) is 0 Å². The molecule has 2 amide bonds. The molecule has 2 aromatic carbocycles. The number of hydrogen-bond donors (Lipinski definition) is 4. The first-order valence-corrected chi connectivity index (χ1v) is 17.0. The van der Waals surface area contributed by atoms with Crippen LogP contribution in [-0.2, 0) is 27.8 Å². The van der Waals surface area contributed by atoms with E-state index in [0.29, 0.717) is 29.5 Å². The Morgan fingerprint density at radius 3 is 1.50 bits per heavy atom. The average molecular weight is 597 g/mol. The molecule has 0 heterocycles. The Labute approximate surface area is 236 Å². The smallest absolute Gasteiger partial charge is 0.326 e. The molecule has 10 nitrogen and oxygen atoms in total. The molecule has 0 saturated carbocycles. The predicted molar refractivity (Wildman–Crippen MR) is 158 cm³/mol. The number of anilines is 2. The highest BCUT2D eigenvalue weighted by Crippen LogP contribution is 2.47. The molecule has 0 radical (unpaired) electrons. The van der Waals surface area contributed by atoms with Gasteiger partial charge in [0, 0.05) is 24.2 Å². The second-order valence-electron chi connectivity index (χ2n) is 9.40. The van der Waals surface area contributed by atoms with Gasteiger partial charge in [-0.1, -0.05) is 50.7 Å². The maximum absolute atomic E-state index is 12.9. The second-order valence-corrected chi connectivity index (χ2v) is 13.0. The molecule has 0 unspecified atom stereocenters. The van der Waals surface area contributed by atoms with Gasteiger partial charge in [0.2, 0.25) is 11.8 Å². The van der Waals surface area contributed by atoms with Crippen molar-refractivity contribution >= 4 is 49.0 Å². The first-order valence-electron chi connectivity index (χ1n) is 13.8. The number of unbranched alkanes of at least 4 members (excludes halogenated alkanes) is 7. The first-order chi connectivity index (χ1) is 19.1. The summed E-state index contributed by atoms with van der Waals surface area (Å²) in [4.78, 5) is 42.9. The summed E-state index contributed by atoms with van der Waals surface area (Å²) in [6.45, 7) is 4.02. The summed E-state index contributed by atoms with van der Waals surface area (Å²) in [6.07, 6.45) is 8.35. The molecule has 4 N–H and O–H groups in total. The SMILES string of the molecule is CCOP(=O)(OCC)c1cccc(NC(=O)CCCCCCCCCCC(=O)Nc2cccc(P(=O)(O)O)c2)c1. The molecule has 2 rings (SSSR count). The van der Waals surface area contributed by atoms with Gasteiger partial charge in [-0.15, -0.1) is 0 Å². The number of carbonyl (C=O) groups is 2. The summed E-state index contributed by atoms with van der Waals surface area (Å²) in [5, 5.41) is 5.84. The Bertz CT molecular complexity index is 1170. The Morgan fingerprint density at radius 1 is 0.675 bits per heavy atom. The molecular weight excluding hydrogens is 554 g/mol. The zero-order valence-electron chi connectivity index (χ0n) is 23.3. The second kappa shape index (κ2) is 17.5. The first kappa shape index (κ1) is 33.9. The molecule has 0 bridgehead atoms. The van der Waals surface area contributed by atoms with Crippen LogP contribution in [0.2, 0.25) is 0 Å². The van der Waals surface area contributed by atoms with Crippen molar-refractivity contribution in [2.24, 2.45) is 0 Å². The lowest BCUT2D eigenvalue weighted by atomic mass is 10.1. The Kier molecular flexibility index (Phi) is 14.8. The van der Waals surface area contributed by atoms with Crippen LogP contribution in [0.15, 0.2) is 48.5 Å². The van der Waals surface area contributed by atoms with Crippen molar-refractivity contribution in [3.63, 3.8) is 0 Å². The zero-order chi connectivity index (χ0) is 29.4. The van der Waals surface area contributed by atoms with Gasteiger partial charge >= 0.3 is 15.2 Å². The largest absolute Gasteiger partial charge is 0.361 e. The van der Waals surface area contributed by atoms with Crippen molar-refractivity contribution in [1.29, 1.82) is 0 Å². The van der Waals surface area contributed by atoms with Gasteiger partial charge in [-0.3, -0.25) is 18.7 Å². The van der Waals surface area contributed by atoms with Gasteiger partial charge in [0.1, 0.15) is 0 Å². The summed E-state index contributed by atoms with van der Waals surface area (Å²) in [5.74, 6) is -0.267. The molecule has 222 valence electrons. The van der Waals surface area contributed by atoms with Gasteiger partial charge in [0.15, 0.2) is 0 Å². The number of benzene rings is 2. The van der Waals surface area contributed by atoms with E-state index in [1.54, 1.807) is 44.2 Å². The summed E-state index contributed by atoms with van der Waals surface area (Å²) in [7, 11) is -7.76. The van der Waals surface area contributed by atoms with Gasteiger partial charge in [-0.25, -0.2) is 0 Å². The highest BCUT2D eigenvalue weighted by molar-refractivity contribution is 7.62. The lowest BCUT2D eigenvalue weighted by molar-refractivity contribution is -0.117. The topological polar surface area (TPSA) is 151 Å². The molecule has 0 aliphatic heterocycles. The standard InChI is InChI=1S/C28H42N2O8P2/c1-3-37-40(36,38-4-2)26-18-14-16-24(22-26)30-28(32)20-12-10-8-6-5-7-9-11-19-27(31)29-23-15-13-17-25(21-23)39(33,34)35/h13-18,21-22H,3-12,19-20H2,1-2H3,(H,29,31)(H,30,32)(H2,33,34,35). The quantitative estimate of drug-likeness (QED) is 0.116. The van der Waals surface area contributed by atoms with Crippen LogP contribution in [0.4, 0.5) is 11.4 Å². The lowest BCUT2D eigenvalue weighted by Gasteiger charge is -2.18. The van der Waals surface area contributed by atoms with Crippen LogP contribution in [0.5, 0.6) is 0 Å².